The molecule has 0 aliphatic carbocycles. The van der Waals surface area contributed by atoms with Crippen molar-refractivity contribution in [2.24, 2.45) is 0 Å². The molecule has 1 heterocycles. The SMILES string of the molecule is N#CC(=Cc1ccc(-n2nc(-c3ccccc3)cc2-c2ccccc2)cc1)C(=O)Nc1ccc([N+](=O)[O-])cc1. The van der Waals surface area contributed by atoms with E-state index in [0.29, 0.717) is 11.3 Å². The smallest absolute Gasteiger partial charge is 0.269 e. The molecule has 0 unspecified atom stereocenters. The van der Waals surface area contributed by atoms with Gasteiger partial charge in [-0.3, -0.25) is 14.9 Å². The number of carbonyl (C=O) groups excluding carboxylic acids is 1. The Morgan fingerprint density at radius 1 is 0.872 bits per heavy atom. The van der Waals surface area contributed by atoms with E-state index in [-0.39, 0.29) is 11.3 Å². The van der Waals surface area contributed by atoms with Gasteiger partial charge in [0, 0.05) is 28.9 Å². The lowest BCUT2D eigenvalue weighted by Gasteiger charge is -2.08. The number of nitrogens with one attached hydrogen (secondary N) is 1. The summed E-state index contributed by atoms with van der Waals surface area (Å²) in [6, 6.07) is 36.7. The third-order valence-electron chi connectivity index (χ3n) is 6.00. The number of nitro groups is 1. The molecule has 39 heavy (non-hydrogen) atoms. The van der Waals surface area contributed by atoms with Gasteiger partial charge in [-0.1, -0.05) is 72.8 Å². The Balaban J connectivity index is 1.42. The van der Waals surface area contributed by atoms with Crippen molar-refractivity contribution in [1.29, 1.82) is 5.26 Å². The summed E-state index contributed by atoms with van der Waals surface area (Å²) in [6.45, 7) is 0. The van der Waals surface area contributed by atoms with Gasteiger partial charge in [-0.2, -0.15) is 10.4 Å². The topological polar surface area (TPSA) is 114 Å². The maximum Gasteiger partial charge on any atom is 0.269 e. The summed E-state index contributed by atoms with van der Waals surface area (Å²) in [6.07, 6.45) is 1.49. The fourth-order valence-corrected chi connectivity index (χ4v) is 4.03. The highest BCUT2D eigenvalue weighted by Gasteiger charge is 2.14. The van der Waals surface area contributed by atoms with E-state index in [9.17, 15) is 20.2 Å². The Bertz CT molecular complexity index is 1700. The van der Waals surface area contributed by atoms with Crippen molar-refractivity contribution < 1.29 is 9.72 Å². The minimum absolute atomic E-state index is 0.0902. The first-order valence-electron chi connectivity index (χ1n) is 12.0. The van der Waals surface area contributed by atoms with Crippen molar-refractivity contribution >= 4 is 23.4 Å². The standard InChI is InChI=1S/C31H21N5O3/c32-21-25(31(37)33-26-13-17-28(18-14-26)36(38)39)19-22-11-15-27(16-12-22)35-30(24-9-5-2-6-10-24)20-29(34-35)23-7-3-1-4-8-23/h1-20H,(H,33,37). The van der Waals surface area contributed by atoms with Crippen LogP contribution in [0.15, 0.2) is 121 Å². The van der Waals surface area contributed by atoms with Crippen LogP contribution in [0.25, 0.3) is 34.3 Å². The zero-order valence-electron chi connectivity index (χ0n) is 20.6. The van der Waals surface area contributed by atoms with Crippen LogP contribution in [-0.2, 0) is 4.79 Å². The summed E-state index contributed by atoms with van der Waals surface area (Å²) in [5.41, 5.74) is 5.43. The highest BCUT2D eigenvalue weighted by molar-refractivity contribution is 6.09. The van der Waals surface area contributed by atoms with E-state index in [1.54, 1.807) is 0 Å². The number of hydrogen-bond acceptors (Lipinski definition) is 5. The van der Waals surface area contributed by atoms with Crippen LogP contribution in [-0.4, -0.2) is 20.6 Å². The first-order valence-corrected chi connectivity index (χ1v) is 12.0. The molecule has 5 rings (SSSR count). The van der Waals surface area contributed by atoms with Gasteiger partial charge in [0.05, 0.1) is 22.0 Å². The molecule has 5 aromatic rings. The molecule has 0 aliphatic rings. The molecular formula is C31H21N5O3. The lowest BCUT2D eigenvalue weighted by molar-refractivity contribution is -0.384. The summed E-state index contributed by atoms with van der Waals surface area (Å²) in [5.74, 6) is -0.610. The summed E-state index contributed by atoms with van der Waals surface area (Å²) in [4.78, 5) is 22.9. The first kappa shape index (κ1) is 24.9. The molecule has 0 aliphatic heterocycles. The van der Waals surface area contributed by atoms with E-state index in [0.717, 1.165) is 28.2 Å². The predicted octanol–water partition coefficient (Wildman–Crippen LogP) is 6.66. The monoisotopic (exact) mass is 511 g/mol. The number of nitrogens with zero attached hydrogens (tertiary/aromatic N) is 4. The lowest BCUT2D eigenvalue weighted by atomic mass is 10.1. The highest BCUT2D eigenvalue weighted by atomic mass is 16.6. The zero-order chi connectivity index (χ0) is 27.2. The van der Waals surface area contributed by atoms with Gasteiger partial charge in [0.15, 0.2) is 0 Å². The van der Waals surface area contributed by atoms with Gasteiger partial charge in [0.1, 0.15) is 11.6 Å². The number of non-ortho nitro benzene ring substituents is 1. The Kier molecular flexibility index (Phi) is 7.06. The number of hydrogen-bond donors (Lipinski definition) is 1. The minimum Gasteiger partial charge on any atom is -0.321 e. The zero-order valence-corrected chi connectivity index (χ0v) is 20.6. The van der Waals surface area contributed by atoms with Gasteiger partial charge < -0.3 is 5.32 Å². The molecule has 8 heteroatoms. The molecule has 1 amide bonds. The van der Waals surface area contributed by atoms with Crippen LogP contribution in [0.5, 0.6) is 0 Å². The number of carbonyl (C=O) groups is 1. The van der Waals surface area contributed by atoms with Gasteiger partial charge in [0.2, 0.25) is 0 Å². The summed E-state index contributed by atoms with van der Waals surface area (Å²) >= 11 is 0. The maximum atomic E-state index is 12.6. The Morgan fingerprint density at radius 3 is 2.08 bits per heavy atom. The Morgan fingerprint density at radius 2 is 1.49 bits per heavy atom. The highest BCUT2D eigenvalue weighted by Crippen LogP contribution is 2.29. The molecule has 188 valence electrons. The molecule has 0 fully saturated rings. The molecule has 0 saturated carbocycles. The maximum absolute atomic E-state index is 12.6. The van der Waals surface area contributed by atoms with Crippen LogP contribution in [0.1, 0.15) is 5.56 Å². The fourth-order valence-electron chi connectivity index (χ4n) is 4.03. The molecule has 8 nitrogen and oxygen atoms in total. The summed E-state index contributed by atoms with van der Waals surface area (Å²) in [7, 11) is 0. The summed E-state index contributed by atoms with van der Waals surface area (Å²) in [5, 5.41) is 27.9. The van der Waals surface area contributed by atoms with Crippen LogP contribution >= 0.6 is 0 Å². The van der Waals surface area contributed by atoms with E-state index in [2.05, 4.69) is 11.4 Å². The van der Waals surface area contributed by atoms with Crippen molar-refractivity contribution in [1.82, 2.24) is 9.78 Å². The molecule has 0 spiro atoms. The second kappa shape index (κ2) is 11.1. The van der Waals surface area contributed by atoms with Crippen molar-refractivity contribution in [2.75, 3.05) is 5.32 Å². The largest absolute Gasteiger partial charge is 0.321 e. The number of anilines is 1. The van der Waals surface area contributed by atoms with Crippen LogP contribution < -0.4 is 5.32 Å². The number of aromatic nitrogens is 2. The average Bonchev–Trinajstić information content (AvgIpc) is 3.43. The van der Waals surface area contributed by atoms with E-state index in [1.165, 1.54) is 30.3 Å². The first-order chi connectivity index (χ1) is 19.0. The third-order valence-corrected chi connectivity index (χ3v) is 6.00. The lowest BCUT2D eigenvalue weighted by Crippen LogP contribution is -2.13. The third kappa shape index (κ3) is 5.63. The quantitative estimate of drug-likeness (QED) is 0.114. The molecule has 0 atom stereocenters. The number of rotatable bonds is 7. The average molecular weight is 512 g/mol. The van der Waals surface area contributed by atoms with Crippen LogP contribution in [0.3, 0.4) is 0 Å². The summed E-state index contributed by atoms with van der Waals surface area (Å²) < 4.78 is 1.87. The second-order valence-electron chi connectivity index (χ2n) is 8.58. The van der Waals surface area contributed by atoms with Crippen LogP contribution in [0, 0.1) is 21.4 Å². The molecule has 4 aromatic carbocycles. The van der Waals surface area contributed by atoms with Crippen molar-refractivity contribution in [3.05, 3.63) is 137 Å². The number of benzene rings is 4. The number of nitro benzene ring substituents is 1. The molecule has 0 bridgehead atoms. The normalized spacial score (nSPS) is 11.0. The van der Waals surface area contributed by atoms with Gasteiger partial charge in [-0.15, -0.1) is 0 Å². The molecule has 1 aromatic heterocycles. The number of amides is 1. The van der Waals surface area contributed by atoms with E-state index < -0.39 is 10.8 Å². The molecule has 0 radical (unpaired) electrons. The van der Waals surface area contributed by atoms with Crippen molar-refractivity contribution in [3.63, 3.8) is 0 Å². The van der Waals surface area contributed by atoms with E-state index >= 15 is 0 Å². The van der Waals surface area contributed by atoms with Crippen LogP contribution in [0.4, 0.5) is 11.4 Å². The molecule has 0 saturated heterocycles. The van der Waals surface area contributed by atoms with Gasteiger partial charge in [-0.05, 0) is 42.0 Å². The van der Waals surface area contributed by atoms with Gasteiger partial charge in [-0.25, -0.2) is 4.68 Å². The fraction of sp³-hybridized carbons (Fsp3) is 0. The molecular weight excluding hydrogens is 490 g/mol. The Hall–Kier alpha value is -5.81. The van der Waals surface area contributed by atoms with Crippen molar-refractivity contribution in [3.8, 4) is 34.3 Å². The van der Waals surface area contributed by atoms with E-state index in [4.69, 9.17) is 5.10 Å². The van der Waals surface area contributed by atoms with Crippen LogP contribution in [0.2, 0.25) is 0 Å². The number of nitriles is 1. The minimum atomic E-state index is -0.610. The van der Waals surface area contributed by atoms with Crippen molar-refractivity contribution in [2.45, 2.75) is 0 Å². The van der Waals surface area contributed by atoms with Gasteiger partial charge in [0.25, 0.3) is 11.6 Å². The van der Waals surface area contributed by atoms with Gasteiger partial charge >= 0.3 is 0 Å². The Labute approximate surface area is 224 Å². The predicted molar refractivity (Wildman–Crippen MR) is 150 cm³/mol. The second-order valence-corrected chi connectivity index (χ2v) is 8.58. The van der Waals surface area contributed by atoms with E-state index in [1.807, 2.05) is 95.7 Å². The molecule has 1 N–H and O–H groups in total.